The van der Waals surface area contributed by atoms with E-state index in [-0.39, 0.29) is 0 Å². The summed E-state index contributed by atoms with van der Waals surface area (Å²) < 4.78 is 0. The maximum Gasteiger partial charge on any atom is 0.116 e. The predicted octanol–water partition coefficient (Wildman–Crippen LogP) is 4.12. The number of benzene rings is 2. The van der Waals surface area contributed by atoms with Crippen molar-refractivity contribution in [3.63, 3.8) is 0 Å². The zero-order chi connectivity index (χ0) is 11.9. The van der Waals surface area contributed by atoms with Crippen molar-refractivity contribution < 1.29 is 5.11 Å². The van der Waals surface area contributed by atoms with Gasteiger partial charge in [-0.15, -0.1) is 11.8 Å². The number of hydrogen-bond acceptors (Lipinski definition) is 2. The van der Waals surface area contributed by atoms with E-state index in [1.807, 2.05) is 24.3 Å². The summed E-state index contributed by atoms with van der Waals surface area (Å²) in [5.74, 6) is 1.43. The fourth-order valence-corrected chi connectivity index (χ4v) is 2.59. The second-order valence-electron chi connectivity index (χ2n) is 3.93. The molecular weight excluding hydrogens is 228 g/mol. The number of rotatable bonds is 5. The van der Waals surface area contributed by atoms with Crippen LogP contribution in [0.3, 0.4) is 0 Å². The summed E-state index contributed by atoms with van der Waals surface area (Å²) in [7, 11) is 0. The van der Waals surface area contributed by atoms with Gasteiger partial charge < -0.3 is 5.11 Å². The molecule has 0 radical (unpaired) electrons. The van der Waals surface area contributed by atoms with E-state index in [4.69, 9.17) is 0 Å². The molecule has 2 aromatic carbocycles. The summed E-state index contributed by atoms with van der Waals surface area (Å²) in [5, 5.41) is 9.33. The Morgan fingerprint density at radius 3 is 2.53 bits per heavy atom. The van der Waals surface area contributed by atoms with Gasteiger partial charge in [-0.05, 0) is 42.4 Å². The molecular formula is C15H16OS. The van der Waals surface area contributed by atoms with Gasteiger partial charge in [-0.1, -0.05) is 36.4 Å². The van der Waals surface area contributed by atoms with Crippen LogP contribution in [-0.4, -0.2) is 10.9 Å². The van der Waals surface area contributed by atoms with E-state index in [9.17, 15) is 5.11 Å². The van der Waals surface area contributed by atoms with E-state index in [0.717, 1.165) is 23.5 Å². The maximum absolute atomic E-state index is 9.33. The van der Waals surface area contributed by atoms with Gasteiger partial charge in [-0.2, -0.15) is 0 Å². The zero-order valence-corrected chi connectivity index (χ0v) is 10.5. The highest BCUT2D eigenvalue weighted by Gasteiger charge is 1.96. The number of phenolic OH excluding ortho intramolecular Hbond substituents is 1. The van der Waals surface area contributed by atoms with Crippen LogP contribution in [-0.2, 0) is 6.42 Å². The monoisotopic (exact) mass is 244 g/mol. The molecule has 0 saturated carbocycles. The maximum atomic E-state index is 9.33. The van der Waals surface area contributed by atoms with Crippen molar-refractivity contribution in [2.75, 3.05) is 5.75 Å². The van der Waals surface area contributed by atoms with Crippen LogP contribution in [0.15, 0.2) is 59.5 Å². The van der Waals surface area contributed by atoms with Crippen LogP contribution in [0.5, 0.6) is 5.75 Å². The van der Waals surface area contributed by atoms with E-state index >= 15 is 0 Å². The normalized spacial score (nSPS) is 10.4. The molecule has 0 unspecified atom stereocenters. The number of thioether (sulfide) groups is 1. The summed E-state index contributed by atoms with van der Waals surface area (Å²) in [6.45, 7) is 0. The van der Waals surface area contributed by atoms with Gasteiger partial charge >= 0.3 is 0 Å². The lowest BCUT2D eigenvalue weighted by Gasteiger charge is -2.02. The van der Waals surface area contributed by atoms with Crippen molar-refractivity contribution in [1.29, 1.82) is 0 Å². The minimum Gasteiger partial charge on any atom is -0.508 e. The first-order chi connectivity index (χ1) is 8.34. The smallest absolute Gasteiger partial charge is 0.116 e. The van der Waals surface area contributed by atoms with E-state index in [2.05, 4.69) is 24.3 Å². The highest BCUT2D eigenvalue weighted by molar-refractivity contribution is 7.99. The van der Waals surface area contributed by atoms with Crippen molar-refractivity contribution in [1.82, 2.24) is 0 Å². The van der Waals surface area contributed by atoms with Gasteiger partial charge in [0.15, 0.2) is 0 Å². The molecule has 0 aliphatic carbocycles. The van der Waals surface area contributed by atoms with Gasteiger partial charge in [-0.25, -0.2) is 0 Å². The Morgan fingerprint density at radius 2 is 1.76 bits per heavy atom. The summed E-state index contributed by atoms with van der Waals surface area (Å²) in [4.78, 5) is 1.14. The second kappa shape index (κ2) is 6.36. The molecule has 1 N–H and O–H groups in total. The second-order valence-corrected chi connectivity index (χ2v) is 5.10. The fourth-order valence-electron chi connectivity index (χ4n) is 1.68. The first-order valence-corrected chi connectivity index (χ1v) is 6.79. The molecule has 0 bridgehead atoms. The van der Waals surface area contributed by atoms with Crippen LogP contribution in [0.4, 0.5) is 0 Å². The minimum absolute atomic E-state index is 0.345. The highest BCUT2D eigenvalue weighted by Crippen LogP contribution is 2.23. The van der Waals surface area contributed by atoms with Crippen molar-refractivity contribution >= 4 is 11.8 Å². The summed E-state index contributed by atoms with van der Waals surface area (Å²) in [5.41, 5.74) is 1.39. The highest BCUT2D eigenvalue weighted by atomic mass is 32.2. The SMILES string of the molecule is Oc1cccc(SCCCc2ccccc2)c1. The molecule has 0 saturated heterocycles. The van der Waals surface area contributed by atoms with Gasteiger partial charge in [-0.3, -0.25) is 0 Å². The fraction of sp³-hybridized carbons (Fsp3) is 0.200. The topological polar surface area (TPSA) is 20.2 Å². The Morgan fingerprint density at radius 1 is 0.941 bits per heavy atom. The van der Waals surface area contributed by atoms with Crippen molar-refractivity contribution in [3.8, 4) is 5.75 Å². The Kier molecular flexibility index (Phi) is 4.51. The van der Waals surface area contributed by atoms with Crippen LogP contribution in [0, 0.1) is 0 Å². The minimum atomic E-state index is 0.345. The number of hydrogen-bond donors (Lipinski definition) is 1. The Hall–Kier alpha value is -1.41. The van der Waals surface area contributed by atoms with Gasteiger partial charge in [0.1, 0.15) is 5.75 Å². The Balaban J connectivity index is 1.73. The predicted molar refractivity (Wildman–Crippen MR) is 73.6 cm³/mol. The van der Waals surface area contributed by atoms with Crippen LogP contribution >= 0.6 is 11.8 Å². The van der Waals surface area contributed by atoms with Gasteiger partial charge in [0.25, 0.3) is 0 Å². The largest absolute Gasteiger partial charge is 0.508 e. The van der Waals surface area contributed by atoms with Crippen molar-refractivity contribution in [2.45, 2.75) is 17.7 Å². The molecule has 2 aromatic rings. The van der Waals surface area contributed by atoms with Crippen LogP contribution in [0.1, 0.15) is 12.0 Å². The average Bonchev–Trinajstić information content (AvgIpc) is 2.36. The van der Waals surface area contributed by atoms with E-state index in [1.165, 1.54) is 5.56 Å². The molecule has 0 fully saturated rings. The molecule has 88 valence electrons. The quantitative estimate of drug-likeness (QED) is 0.630. The molecule has 0 heterocycles. The van der Waals surface area contributed by atoms with Gasteiger partial charge in [0.05, 0.1) is 0 Å². The number of phenols is 1. The van der Waals surface area contributed by atoms with E-state index in [0.29, 0.717) is 5.75 Å². The lowest BCUT2D eigenvalue weighted by molar-refractivity contribution is 0.474. The van der Waals surface area contributed by atoms with Gasteiger partial charge in [0.2, 0.25) is 0 Å². The van der Waals surface area contributed by atoms with Crippen LogP contribution < -0.4 is 0 Å². The summed E-state index contributed by atoms with van der Waals surface area (Å²) in [6, 6.07) is 18.0. The summed E-state index contributed by atoms with van der Waals surface area (Å²) >= 11 is 1.79. The van der Waals surface area contributed by atoms with Crippen LogP contribution in [0.2, 0.25) is 0 Å². The molecule has 0 spiro atoms. The third-order valence-corrected chi connectivity index (χ3v) is 3.62. The molecule has 0 aliphatic heterocycles. The van der Waals surface area contributed by atoms with E-state index in [1.54, 1.807) is 17.8 Å². The number of aryl methyl sites for hydroxylation is 1. The van der Waals surface area contributed by atoms with Crippen molar-refractivity contribution in [3.05, 3.63) is 60.2 Å². The molecule has 0 amide bonds. The van der Waals surface area contributed by atoms with Gasteiger partial charge in [0, 0.05) is 4.90 Å². The number of aromatic hydroxyl groups is 1. The molecule has 0 aromatic heterocycles. The average molecular weight is 244 g/mol. The molecule has 0 atom stereocenters. The van der Waals surface area contributed by atoms with E-state index < -0.39 is 0 Å². The lowest BCUT2D eigenvalue weighted by atomic mass is 10.1. The third kappa shape index (κ3) is 4.16. The van der Waals surface area contributed by atoms with Crippen LogP contribution in [0.25, 0.3) is 0 Å². The standard InChI is InChI=1S/C15H16OS/c16-14-9-4-10-15(12-14)17-11-5-8-13-6-2-1-3-7-13/h1-4,6-7,9-10,12,16H,5,8,11H2. The molecule has 0 aliphatic rings. The third-order valence-electron chi connectivity index (χ3n) is 2.54. The summed E-state index contributed by atoms with van der Waals surface area (Å²) in [6.07, 6.45) is 2.27. The molecule has 1 nitrogen and oxygen atoms in total. The Labute approximate surface area is 107 Å². The molecule has 2 rings (SSSR count). The first-order valence-electron chi connectivity index (χ1n) is 5.80. The molecule has 2 heteroatoms. The lowest BCUT2D eigenvalue weighted by Crippen LogP contribution is -1.87. The zero-order valence-electron chi connectivity index (χ0n) is 9.67. The first kappa shape index (κ1) is 12.1. The Bertz CT molecular complexity index is 453. The molecule has 17 heavy (non-hydrogen) atoms. The van der Waals surface area contributed by atoms with Crippen molar-refractivity contribution in [2.24, 2.45) is 0 Å².